The molecule has 1 aliphatic rings. The molecule has 4 aromatic rings. The van der Waals surface area contributed by atoms with Gasteiger partial charge in [-0.25, -0.2) is 4.98 Å². The number of aromatic nitrogens is 4. The molecule has 1 aliphatic heterocycles. The van der Waals surface area contributed by atoms with Crippen molar-refractivity contribution in [1.82, 2.24) is 24.4 Å². The van der Waals surface area contributed by atoms with Gasteiger partial charge in [-0.2, -0.15) is 0 Å². The zero-order valence-corrected chi connectivity index (χ0v) is 18.3. The van der Waals surface area contributed by atoms with Gasteiger partial charge in [0.25, 0.3) is 5.56 Å². The van der Waals surface area contributed by atoms with E-state index in [0.717, 1.165) is 16.7 Å². The van der Waals surface area contributed by atoms with E-state index in [2.05, 4.69) is 19.9 Å². The van der Waals surface area contributed by atoms with Crippen LogP contribution in [0.3, 0.4) is 0 Å². The summed E-state index contributed by atoms with van der Waals surface area (Å²) < 4.78 is 6.82. The van der Waals surface area contributed by atoms with E-state index in [1.165, 1.54) is 4.57 Å². The van der Waals surface area contributed by atoms with Gasteiger partial charge < -0.3 is 24.5 Å². The number of hydrogen-bond acceptors (Lipinski definition) is 6. The zero-order chi connectivity index (χ0) is 22.2. The van der Waals surface area contributed by atoms with Gasteiger partial charge in [0, 0.05) is 43.3 Å². The summed E-state index contributed by atoms with van der Waals surface area (Å²) >= 11 is 5.43. The van der Waals surface area contributed by atoms with Crippen molar-refractivity contribution in [2.45, 2.75) is 6.54 Å². The first-order chi connectivity index (χ1) is 15.5. The van der Waals surface area contributed by atoms with Gasteiger partial charge >= 0.3 is 0 Å². The number of fused-ring (bicyclic) bond motifs is 3. The predicted molar refractivity (Wildman–Crippen MR) is 125 cm³/mol. The van der Waals surface area contributed by atoms with E-state index in [4.69, 9.17) is 17.0 Å². The molecule has 1 saturated heterocycles. The largest absolute Gasteiger partial charge is 0.497 e. The molecule has 1 amide bonds. The highest BCUT2D eigenvalue weighted by molar-refractivity contribution is 7.71. The molecule has 2 N–H and O–H groups in total. The summed E-state index contributed by atoms with van der Waals surface area (Å²) in [5.41, 5.74) is 1.47. The summed E-state index contributed by atoms with van der Waals surface area (Å²) in [5, 5.41) is 0.812. The Morgan fingerprint density at radius 1 is 1.12 bits per heavy atom. The van der Waals surface area contributed by atoms with Crippen molar-refractivity contribution in [3.63, 3.8) is 0 Å². The van der Waals surface area contributed by atoms with Crippen LogP contribution in [0.2, 0.25) is 0 Å². The molecule has 0 bridgehead atoms. The van der Waals surface area contributed by atoms with Gasteiger partial charge in [-0.3, -0.25) is 14.2 Å². The number of piperazine rings is 1. The number of anilines is 1. The van der Waals surface area contributed by atoms with Gasteiger partial charge in [-0.1, -0.05) is 6.07 Å². The molecule has 1 fully saturated rings. The first-order valence-corrected chi connectivity index (χ1v) is 10.7. The van der Waals surface area contributed by atoms with E-state index in [9.17, 15) is 9.59 Å². The van der Waals surface area contributed by atoms with E-state index in [1.54, 1.807) is 18.2 Å². The van der Waals surface area contributed by atoms with Crippen LogP contribution in [0.1, 0.15) is 0 Å². The van der Waals surface area contributed by atoms with Crippen LogP contribution in [-0.2, 0) is 11.3 Å². The normalized spacial score (nSPS) is 14.3. The molecular weight excluding hydrogens is 428 g/mol. The van der Waals surface area contributed by atoms with Gasteiger partial charge in [0.05, 0.1) is 12.6 Å². The number of nitrogens with one attached hydrogen (secondary N) is 2. The maximum atomic E-state index is 13.2. The van der Waals surface area contributed by atoms with Crippen molar-refractivity contribution < 1.29 is 9.53 Å². The number of amides is 1. The topological polar surface area (TPSA) is 99.2 Å². The van der Waals surface area contributed by atoms with Crippen LogP contribution in [0, 0.1) is 4.77 Å². The average Bonchev–Trinajstić information content (AvgIpc) is 3.20. The van der Waals surface area contributed by atoms with E-state index in [-0.39, 0.29) is 22.8 Å². The average molecular weight is 451 g/mol. The van der Waals surface area contributed by atoms with E-state index in [1.807, 2.05) is 36.4 Å². The van der Waals surface area contributed by atoms with Gasteiger partial charge in [-0.05, 0) is 42.5 Å². The number of benzene rings is 1. The van der Waals surface area contributed by atoms with Crippen LogP contribution < -0.4 is 15.2 Å². The monoisotopic (exact) mass is 450 g/mol. The lowest BCUT2D eigenvalue weighted by Gasteiger charge is -2.35. The second kappa shape index (κ2) is 8.12. The number of pyridine rings is 1. The highest BCUT2D eigenvalue weighted by atomic mass is 32.1. The molecule has 5 rings (SSSR count). The first kappa shape index (κ1) is 20.3. The summed E-state index contributed by atoms with van der Waals surface area (Å²) in [4.78, 5) is 40.6. The summed E-state index contributed by atoms with van der Waals surface area (Å²) in [7, 11) is 1.59. The van der Waals surface area contributed by atoms with Crippen LogP contribution in [-0.4, -0.2) is 63.6 Å². The number of carbonyl (C=O) groups is 1. The molecule has 164 valence electrons. The molecular formula is C22H22N6O3S. The third kappa shape index (κ3) is 3.52. The van der Waals surface area contributed by atoms with Gasteiger partial charge in [-0.15, -0.1) is 0 Å². The second-order valence-electron chi connectivity index (χ2n) is 7.66. The maximum Gasteiger partial charge on any atom is 0.279 e. The number of carbonyl (C=O) groups excluding carboxylic acids is 1. The molecule has 0 aliphatic carbocycles. The van der Waals surface area contributed by atoms with Gasteiger partial charge in [0.1, 0.15) is 23.6 Å². The standard InChI is InChI=1S/C22H22N6O3S/c1-31-14-5-6-16-15(12-14)19-20(24-16)21(30)28(22(32)25-19)13-18(29)27-10-8-26(9-11-27)17-4-2-3-7-23-17/h2-7,12,24H,8-11,13H2,1H3,(H,25,32). The molecule has 1 aromatic carbocycles. The fourth-order valence-electron chi connectivity index (χ4n) is 4.09. The minimum absolute atomic E-state index is 0.105. The van der Waals surface area contributed by atoms with Crippen LogP contribution in [0.5, 0.6) is 5.75 Å². The number of nitrogens with zero attached hydrogens (tertiary/aromatic N) is 4. The van der Waals surface area contributed by atoms with Crippen LogP contribution >= 0.6 is 12.2 Å². The van der Waals surface area contributed by atoms with Crippen molar-refractivity contribution in [3.05, 3.63) is 57.7 Å². The second-order valence-corrected chi connectivity index (χ2v) is 8.05. The van der Waals surface area contributed by atoms with E-state index in [0.29, 0.717) is 43.0 Å². The molecule has 0 radical (unpaired) electrons. The Labute approximate surface area is 188 Å². The molecule has 32 heavy (non-hydrogen) atoms. The number of methoxy groups -OCH3 is 1. The lowest BCUT2D eigenvalue weighted by molar-refractivity contribution is -0.132. The Morgan fingerprint density at radius 2 is 1.94 bits per heavy atom. The molecule has 3 aromatic heterocycles. The molecule has 0 unspecified atom stereocenters. The minimum atomic E-state index is -0.320. The zero-order valence-electron chi connectivity index (χ0n) is 17.5. The number of rotatable bonds is 4. The third-order valence-electron chi connectivity index (χ3n) is 5.84. The smallest absolute Gasteiger partial charge is 0.279 e. The highest BCUT2D eigenvalue weighted by Gasteiger charge is 2.23. The Morgan fingerprint density at radius 3 is 2.66 bits per heavy atom. The molecule has 0 spiro atoms. The Hall–Kier alpha value is -3.66. The van der Waals surface area contributed by atoms with Crippen molar-refractivity contribution in [2.75, 3.05) is 38.2 Å². The Kier molecular flexibility index (Phi) is 5.14. The first-order valence-electron chi connectivity index (χ1n) is 10.3. The van der Waals surface area contributed by atoms with E-state index >= 15 is 0 Å². The maximum absolute atomic E-state index is 13.2. The minimum Gasteiger partial charge on any atom is -0.497 e. The summed E-state index contributed by atoms with van der Waals surface area (Å²) in [6.07, 6.45) is 1.76. The van der Waals surface area contributed by atoms with Crippen molar-refractivity contribution in [3.8, 4) is 5.75 Å². The quantitative estimate of drug-likeness (QED) is 0.463. The number of ether oxygens (including phenoxy) is 1. The molecule has 0 saturated carbocycles. The Balaban J connectivity index is 1.38. The summed E-state index contributed by atoms with van der Waals surface area (Å²) in [5.74, 6) is 1.45. The van der Waals surface area contributed by atoms with Crippen molar-refractivity contribution >= 4 is 45.9 Å². The van der Waals surface area contributed by atoms with Crippen LogP contribution in [0.15, 0.2) is 47.4 Å². The fraction of sp³-hybridized carbons (Fsp3) is 0.273. The fourth-order valence-corrected chi connectivity index (χ4v) is 4.34. The number of H-pyrrole nitrogens is 2. The lowest BCUT2D eigenvalue weighted by Crippen LogP contribution is -2.50. The Bertz CT molecular complexity index is 1420. The molecule has 9 nitrogen and oxygen atoms in total. The van der Waals surface area contributed by atoms with Crippen LogP contribution in [0.25, 0.3) is 21.9 Å². The predicted octanol–water partition coefficient (Wildman–Crippen LogP) is 2.29. The third-order valence-corrected chi connectivity index (χ3v) is 6.16. The van der Waals surface area contributed by atoms with Crippen LogP contribution in [0.4, 0.5) is 5.82 Å². The summed E-state index contributed by atoms with van der Waals surface area (Å²) in [6.45, 7) is 2.40. The van der Waals surface area contributed by atoms with E-state index < -0.39 is 0 Å². The van der Waals surface area contributed by atoms with Crippen molar-refractivity contribution in [1.29, 1.82) is 0 Å². The number of aromatic amines is 2. The molecule has 10 heteroatoms. The lowest BCUT2D eigenvalue weighted by atomic mass is 10.2. The summed E-state index contributed by atoms with van der Waals surface area (Å²) in [6, 6.07) is 11.3. The van der Waals surface area contributed by atoms with Gasteiger partial charge in [0.15, 0.2) is 4.77 Å². The number of hydrogen-bond donors (Lipinski definition) is 2. The van der Waals surface area contributed by atoms with Crippen molar-refractivity contribution in [2.24, 2.45) is 0 Å². The molecule has 0 atom stereocenters. The highest BCUT2D eigenvalue weighted by Crippen LogP contribution is 2.25. The molecule has 4 heterocycles. The van der Waals surface area contributed by atoms with Gasteiger partial charge in [0.2, 0.25) is 5.91 Å². The SMILES string of the molecule is COc1ccc2[nH]c3c(=O)n(CC(=O)N4CCN(c5ccccn5)CC4)c(=S)[nH]c3c2c1.